The minimum absolute atomic E-state index is 0.180. The first kappa shape index (κ1) is 22.5. The van der Waals surface area contributed by atoms with Crippen LogP contribution < -0.4 is 15.5 Å². The topological polar surface area (TPSA) is 79.8 Å². The summed E-state index contributed by atoms with van der Waals surface area (Å²) in [5.41, 5.74) is 4.65. The molecule has 31 heavy (non-hydrogen) atoms. The van der Waals surface area contributed by atoms with E-state index in [9.17, 15) is 9.59 Å². The highest BCUT2D eigenvalue weighted by molar-refractivity contribution is 9.10. The number of nitrogens with one attached hydrogen (secondary N) is 2. The van der Waals surface area contributed by atoms with E-state index in [4.69, 9.17) is 16.3 Å². The van der Waals surface area contributed by atoms with Crippen molar-refractivity contribution in [3.63, 3.8) is 0 Å². The van der Waals surface area contributed by atoms with E-state index in [-0.39, 0.29) is 12.5 Å². The zero-order valence-corrected chi connectivity index (χ0v) is 18.7. The van der Waals surface area contributed by atoms with Crippen LogP contribution >= 0.6 is 27.5 Å². The molecule has 3 rings (SSSR count). The molecule has 3 aromatic rings. The van der Waals surface area contributed by atoms with Gasteiger partial charge >= 0.3 is 0 Å². The number of amides is 2. The van der Waals surface area contributed by atoms with Crippen molar-refractivity contribution >= 4 is 45.6 Å². The number of halogens is 2. The maximum Gasteiger partial charge on any atom is 0.259 e. The van der Waals surface area contributed by atoms with Gasteiger partial charge in [0.25, 0.3) is 11.8 Å². The van der Waals surface area contributed by atoms with Crippen LogP contribution in [0.1, 0.15) is 21.5 Å². The van der Waals surface area contributed by atoms with Crippen LogP contribution in [-0.4, -0.2) is 24.6 Å². The van der Waals surface area contributed by atoms with Crippen molar-refractivity contribution in [2.75, 3.05) is 6.54 Å². The van der Waals surface area contributed by atoms with Gasteiger partial charge in [-0.15, -0.1) is 0 Å². The minimum Gasteiger partial charge on any atom is -0.489 e. The monoisotopic (exact) mass is 499 g/mol. The molecule has 0 saturated heterocycles. The number of ether oxygens (including phenoxy) is 1. The van der Waals surface area contributed by atoms with Crippen molar-refractivity contribution in [2.24, 2.45) is 5.10 Å². The van der Waals surface area contributed by atoms with Gasteiger partial charge in [-0.05, 0) is 65.7 Å². The Morgan fingerprint density at radius 3 is 2.48 bits per heavy atom. The molecule has 8 heteroatoms. The SMILES string of the molecule is O=C(CNC(=O)c1cccc(Br)c1)NN=Cc1ccc(OCc2ccc(Cl)cc2)cc1. The van der Waals surface area contributed by atoms with Crippen LogP contribution in [0.3, 0.4) is 0 Å². The summed E-state index contributed by atoms with van der Waals surface area (Å²) < 4.78 is 6.51. The lowest BCUT2D eigenvalue weighted by molar-refractivity contribution is -0.120. The molecule has 0 fully saturated rings. The molecule has 0 radical (unpaired) electrons. The Kier molecular flexibility index (Phi) is 8.20. The molecule has 0 saturated carbocycles. The smallest absolute Gasteiger partial charge is 0.259 e. The van der Waals surface area contributed by atoms with Gasteiger partial charge in [-0.2, -0.15) is 5.10 Å². The summed E-state index contributed by atoms with van der Waals surface area (Å²) in [6.45, 7) is 0.256. The van der Waals surface area contributed by atoms with Crippen molar-refractivity contribution in [3.05, 3.63) is 99.0 Å². The molecular weight excluding hydrogens is 482 g/mol. The van der Waals surface area contributed by atoms with Crippen LogP contribution in [0.2, 0.25) is 5.02 Å². The summed E-state index contributed by atoms with van der Waals surface area (Å²) in [4.78, 5) is 23.9. The van der Waals surface area contributed by atoms with Crippen LogP contribution in [0.25, 0.3) is 0 Å². The van der Waals surface area contributed by atoms with E-state index in [0.717, 1.165) is 15.6 Å². The molecule has 158 valence electrons. The lowest BCUT2D eigenvalue weighted by atomic mass is 10.2. The van der Waals surface area contributed by atoms with Crippen molar-refractivity contribution in [1.82, 2.24) is 10.7 Å². The van der Waals surface area contributed by atoms with E-state index in [2.05, 4.69) is 31.8 Å². The van der Waals surface area contributed by atoms with Gasteiger partial charge in [0.15, 0.2) is 0 Å². The molecule has 0 atom stereocenters. The van der Waals surface area contributed by atoms with Crippen LogP contribution in [0.15, 0.2) is 82.4 Å². The highest BCUT2D eigenvalue weighted by atomic mass is 79.9. The zero-order chi connectivity index (χ0) is 22.1. The second-order valence-electron chi connectivity index (χ2n) is 6.47. The average molecular weight is 501 g/mol. The number of rotatable bonds is 8. The fourth-order valence-electron chi connectivity index (χ4n) is 2.51. The third-order valence-electron chi connectivity index (χ3n) is 4.10. The molecule has 3 aromatic carbocycles. The number of nitrogens with zero attached hydrogens (tertiary/aromatic N) is 1. The molecule has 0 aliphatic heterocycles. The molecule has 2 N–H and O–H groups in total. The van der Waals surface area contributed by atoms with Gasteiger partial charge in [0, 0.05) is 15.1 Å². The molecule has 2 amide bonds. The minimum atomic E-state index is -0.428. The van der Waals surface area contributed by atoms with E-state index < -0.39 is 5.91 Å². The van der Waals surface area contributed by atoms with Crippen LogP contribution in [0.5, 0.6) is 5.75 Å². The number of hydrogen-bond donors (Lipinski definition) is 2. The van der Waals surface area contributed by atoms with Crippen LogP contribution in [-0.2, 0) is 11.4 Å². The van der Waals surface area contributed by atoms with Crippen molar-refractivity contribution in [1.29, 1.82) is 0 Å². The summed E-state index contributed by atoms with van der Waals surface area (Å²) >= 11 is 9.17. The zero-order valence-electron chi connectivity index (χ0n) is 16.3. The summed E-state index contributed by atoms with van der Waals surface area (Å²) in [5, 5.41) is 7.13. The average Bonchev–Trinajstić information content (AvgIpc) is 2.78. The van der Waals surface area contributed by atoms with E-state index in [1.54, 1.807) is 18.2 Å². The summed E-state index contributed by atoms with van der Waals surface area (Å²) in [5.74, 6) is -0.0523. The fraction of sp³-hybridized carbons (Fsp3) is 0.0870. The number of benzene rings is 3. The molecule has 0 heterocycles. The summed E-state index contributed by atoms with van der Waals surface area (Å²) in [6, 6.07) is 21.6. The molecule has 0 spiro atoms. The van der Waals surface area contributed by atoms with Gasteiger partial charge < -0.3 is 10.1 Å². The number of carbonyl (C=O) groups is 2. The van der Waals surface area contributed by atoms with Gasteiger partial charge in [0.1, 0.15) is 12.4 Å². The third kappa shape index (κ3) is 7.55. The van der Waals surface area contributed by atoms with E-state index in [1.165, 1.54) is 6.21 Å². The Morgan fingerprint density at radius 1 is 1.03 bits per heavy atom. The Bertz CT molecular complexity index is 1070. The summed E-state index contributed by atoms with van der Waals surface area (Å²) in [7, 11) is 0. The van der Waals surface area contributed by atoms with Gasteiger partial charge in [0.05, 0.1) is 12.8 Å². The van der Waals surface area contributed by atoms with Gasteiger partial charge in [-0.25, -0.2) is 5.43 Å². The van der Waals surface area contributed by atoms with Gasteiger partial charge in [-0.1, -0.05) is 45.7 Å². The van der Waals surface area contributed by atoms with Crippen molar-refractivity contribution in [2.45, 2.75) is 6.61 Å². The Hall–Kier alpha value is -3.16. The third-order valence-corrected chi connectivity index (χ3v) is 4.84. The van der Waals surface area contributed by atoms with Crippen LogP contribution in [0.4, 0.5) is 0 Å². The normalized spacial score (nSPS) is 10.6. The molecule has 0 aliphatic carbocycles. The Balaban J connectivity index is 1.41. The molecule has 0 aliphatic rings. The highest BCUT2D eigenvalue weighted by Gasteiger charge is 2.07. The van der Waals surface area contributed by atoms with Crippen molar-refractivity contribution in [3.8, 4) is 5.75 Å². The van der Waals surface area contributed by atoms with E-state index >= 15 is 0 Å². The summed E-state index contributed by atoms with van der Waals surface area (Å²) in [6.07, 6.45) is 1.51. The van der Waals surface area contributed by atoms with Crippen LogP contribution in [0, 0.1) is 0 Å². The maximum atomic E-state index is 12.0. The van der Waals surface area contributed by atoms with E-state index in [0.29, 0.717) is 22.9 Å². The second kappa shape index (κ2) is 11.3. The second-order valence-corrected chi connectivity index (χ2v) is 7.82. The molecule has 0 bridgehead atoms. The Labute approximate surface area is 193 Å². The number of hydrazone groups is 1. The Morgan fingerprint density at radius 2 is 1.77 bits per heavy atom. The first-order chi connectivity index (χ1) is 15.0. The predicted molar refractivity (Wildman–Crippen MR) is 124 cm³/mol. The fourth-order valence-corrected chi connectivity index (χ4v) is 3.03. The molecule has 0 unspecified atom stereocenters. The van der Waals surface area contributed by atoms with Crippen molar-refractivity contribution < 1.29 is 14.3 Å². The number of hydrogen-bond acceptors (Lipinski definition) is 4. The number of carbonyl (C=O) groups excluding carboxylic acids is 2. The quantitative estimate of drug-likeness (QED) is 0.351. The first-order valence-electron chi connectivity index (χ1n) is 9.32. The molecule has 0 aromatic heterocycles. The van der Waals surface area contributed by atoms with E-state index in [1.807, 2.05) is 54.6 Å². The lowest BCUT2D eigenvalue weighted by Gasteiger charge is -2.06. The lowest BCUT2D eigenvalue weighted by Crippen LogP contribution is -2.34. The standard InChI is InChI=1S/C23H19BrClN3O3/c24-19-3-1-2-18(12-19)23(30)26-14-22(29)28-27-13-16-6-10-21(11-7-16)31-15-17-4-8-20(25)9-5-17/h1-13H,14-15H2,(H,26,30)(H,28,29). The predicted octanol–water partition coefficient (Wildman–Crippen LogP) is 4.56. The highest BCUT2D eigenvalue weighted by Crippen LogP contribution is 2.15. The van der Waals surface area contributed by atoms with Gasteiger partial charge in [0.2, 0.25) is 0 Å². The molecular formula is C23H19BrClN3O3. The largest absolute Gasteiger partial charge is 0.489 e. The van der Waals surface area contributed by atoms with Gasteiger partial charge in [-0.3, -0.25) is 9.59 Å². The first-order valence-corrected chi connectivity index (χ1v) is 10.5. The molecule has 6 nitrogen and oxygen atoms in total. The maximum absolute atomic E-state index is 12.0.